The number of rotatable bonds is 4. The third-order valence-corrected chi connectivity index (χ3v) is 4.63. The lowest BCUT2D eigenvalue weighted by Gasteiger charge is -2.53. The van der Waals surface area contributed by atoms with Gasteiger partial charge in [-0.25, -0.2) is 9.37 Å². The number of halogens is 1. The lowest BCUT2D eigenvalue weighted by Crippen LogP contribution is -2.65. The van der Waals surface area contributed by atoms with Gasteiger partial charge in [-0.1, -0.05) is 0 Å². The van der Waals surface area contributed by atoms with E-state index in [1.807, 2.05) is 24.5 Å². The van der Waals surface area contributed by atoms with Crippen molar-refractivity contribution in [1.82, 2.24) is 14.9 Å². The average Bonchev–Trinajstić information content (AvgIpc) is 2.57. The van der Waals surface area contributed by atoms with E-state index < -0.39 is 5.82 Å². The molecule has 0 aromatic carbocycles. The zero-order chi connectivity index (χ0) is 16.4. The fourth-order valence-electron chi connectivity index (χ4n) is 3.55. The summed E-state index contributed by atoms with van der Waals surface area (Å²) in [5.74, 6) is -0.321. The van der Waals surface area contributed by atoms with Crippen molar-refractivity contribution >= 4 is 0 Å². The van der Waals surface area contributed by atoms with Crippen LogP contribution in [0.4, 0.5) is 4.39 Å². The molecule has 24 heavy (non-hydrogen) atoms. The van der Waals surface area contributed by atoms with Crippen LogP contribution in [0.5, 0.6) is 5.88 Å². The van der Waals surface area contributed by atoms with Crippen molar-refractivity contribution in [1.29, 1.82) is 0 Å². The first-order valence-corrected chi connectivity index (χ1v) is 8.25. The molecular weight excluding hydrogens is 309 g/mol. The smallest absolute Gasteiger partial charge is 0.250 e. The molecule has 1 atom stereocenters. The normalized spacial score (nSPS) is 23.0. The van der Waals surface area contributed by atoms with Crippen molar-refractivity contribution in [3.05, 3.63) is 54.2 Å². The molecule has 2 saturated heterocycles. The van der Waals surface area contributed by atoms with Crippen LogP contribution in [0.15, 0.2) is 42.9 Å². The predicted octanol–water partition coefficient (Wildman–Crippen LogP) is 2.43. The first-order valence-electron chi connectivity index (χ1n) is 8.25. The third kappa shape index (κ3) is 3.25. The molecule has 0 unspecified atom stereocenters. The molecule has 4 heterocycles. The Morgan fingerprint density at radius 3 is 2.88 bits per heavy atom. The number of ether oxygens (including phenoxy) is 2. The van der Waals surface area contributed by atoms with Crippen LogP contribution in [-0.2, 0) is 11.3 Å². The summed E-state index contributed by atoms with van der Waals surface area (Å²) in [6.07, 6.45) is 6.66. The van der Waals surface area contributed by atoms with E-state index in [1.54, 1.807) is 12.3 Å². The summed E-state index contributed by atoms with van der Waals surface area (Å²) in [5.41, 5.74) is 1.08. The molecule has 4 rings (SSSR count). The number of pyridine rings is 2. The minimum absolute atomic E-state index is 0.0498. The van der Waals surface area contributed by atoms with E-state index in [4.69, 9.17) is 9.47 Å². The predicted molar refractivity (Wildman–Crippen MR) is 86.0 cm³/mol. The highest BCUT2D eigenvalue weighted by molar-refractivity contribution is 5.15. The molecule has 2 aliphatic heterocycles. The molecule has 0 amide bonds. The highest BCUT2D eigenvalue weighted by Gasteiger charge is 2.48. The molecule has 0 N–H and O–H groups in total. The van der Waals surface area contributed by atoms with Crippen LogP contribution < -0.4 is 4.74 Å². The molecule has 0 saturated carbocycles. The maximum Gasteiger partial charge on any atom is 0.250 e. The molecule has 0 aliphatic carbocycles. The summed E-state index contributed by atoms with van der Waals surface area (Å²) >= 11 is 0. The first kappa shape index (κ1) is 15.5. The molecule has 0 radical (unpaired) electrons. The van der Waals surface area contributed by atoms with Gasteiger partial charge in [0, 0.05) is 51.1 Å². The fourth-order valence-corrected chi connectivity index (χ4v) is 3.55. The van der Waals surface area contributed by atoms with Crippen molar-refractivity contribution in [2.24, 2.45) is 0 Å². The van der Waals surface area contributed by atoms with E-state index >= 15 is 0 Å². The number of likely N-dealkylation sites (tertiary alicyclic amines) is 1. The van der Waals surface area contributed by atoms with Crippen LogP contribution in [0.2, 0.25) is 0 Å². The van der Waals surface area contributed by atoms with Gasteiger partial charge in [-0.15, -0.1) is 0 Å². The van der Waals surface area contributed by atoms with Gasteiger partial charge in [0.15, 0.2) is 5.82 Å². The number of aromatic nitrogens is 2. The van der Waals surface area contributed by atoms with E-state index in [0.717, 1.165) is 32.5 Å². The molecular formula is C18H20FN3O2. The molecule has 2 aromatic heterocycles. The van der Waals surface area contributed by atoms with E-state index in [-0.39, 0.29) is 17.6 Å². The van der Waals surface area contributed by atoms with Crippen molar-refractivity contribution in [2.45, 2.75) is 31.1 Å². The minimum Gasteiger partial charge on any atom is -0.472 e. The largest absolute Gasteiger partial charge is 0.472 e. The second-order valence-electron chi connectivity index (χ2n) is 6.56. The Balaban J connectivity index is 1.34. The minimum atomic E-state index is -0.411. The Labute approximate surface area is 140 Å². The van der Waals surface area contributed by atoms with Gasteiger partial charge in [-0.2, -0.15) is 0 Å². The molecule has 2 fully saturated rings. The van der Waals surface area contributed by atoms with Crippen molar-refractivity contribution in [3.8, 4) is 5.88 Å². The monoisotopic (exact) mass is 329 g/mol. The lowest BCUT2D eigenvalue weighted by molar-refractivity contribution is -0.188. The Bertz CT molecular complexity index is 692. The van der Waals surface area contributed by atoms with Gasteiger partial charge in [0.05, 0.1) is 12.2 Å². The lowest BCUT2D eigenvalue weighted by atomic mass is 9.84. The number of nitrogens with zero attached hydrogens (tertiary/aromatic N) is 3. The van der Waals surface area contributed by atoms with Crippen molar-refractivity contribution < 1.29 is 13.9 Å². The summed E-state index contributed by atoms with van der Waals surface area (Å²) in [6.45, 7) is 3.29. The van der Waals surface area contributed by atoms with Crippen LogP contribution in [0, 0.1) is 5.82 Å². The van der Waals surface area contributed by atoms with E-state index in [0.29, 0.717) is 6.61 Å². The van der Waals surface area contributed by atoms with Gasteiger partial charge in [0.2, 0.25) is 0 Å². The molecule has 0 bridgehead atoms. The molecule has 1 spiro atoms. The molecule has 2 aromatic rings. The van der Waals surface area contributed by atoms with Crippen LogP contribution in [-0.4, -0.2) is 46.3 Å². The number of hydrogen-bond acceptors (Lipinski definition) is 5. The zero-order valence-electron chi connectivity index (χ0n) is 13.4. The Morgan fingerprint density at radius 2 is 2.08 bits per heavy atom. The maximum absolute atomic E-state index is 13.7. The van der Waals surface area contributed by atoms with Gasteiger partial charge in [-0.3, -0.25) is 9.88 Å². The zero-order valence-corrected chi connectivity index (χ0v) is 13.4. The Kier molecular flexibility index (Phi) is 4.16. The Hall–Kier alpha value is -2.05. The Morgan fingerprint density at radius 1 is 1.25 bits per heavy atom. The van der Waals surface area contributed by atoms with Crippen molar-refractivity contribution in [3.63, 3.8) is 0 Å². The van der Waals surface area contributed by atoms with Gasteiger partial charge in [0.1, 0.15) is 6.10 Å². The van der Waals surface area contributed by atoms with E-state index in [2.05, 4.69) is 14.9 Å². The second kappa shape index (κ2) is 6.45. The second-order valence-corrected chi connectivity index (χ2v) is 6.56. The summed E-state index contributed by atoms with van der Waals surface area (Å²) in [7, 11) is 0. The van der Waals surface area contributed by atoms with Crippen LogP contribution in [0.3, 0.4) is 0 Å². The van der Waals surface area contributed by atoms with E-state index in [9.17, 15) is 4.39 Å². The van der Waals surface area contributed by atoms with Gasteiger partial charge in [0.25, 0.3) is 5.88 Å². The van der Waals surface area contributed by atoms with Crippen LogP contribution in [0.25, 0.3) is 0 Å². The summed E-state index contributed by atoms with van der Waals surface area (Å²) < 4.78 is 25.5. The average molecular weight is 329 g/mol. The summed E-state index contributed by atoms with van der Waals surface area (Å²) in [5, 5.41) is 0. The standard InChI is InChI=1S/C18H20FN3O2/c19-16-2-1-6-21-17(16)24-15-5-9-23-18(10-15)12-22(13-18)11-14-3-7-20-8-4-14/h1-4,6-8,15H,5,9-13H2/t15-/m0/s1. The highest BCUT2D eigenvalue weighted by Crippen LogP contribution is 2.36. The maximum atomic E-state index is 13.7. The summed E-state index contributed by atoms with van der Waals surface area (Å²) in [6, 6.07) is 7.00. The van der Waals surface area contributed by atoms with Crippen molar-refractivity contribution in [2.75, 3.05) is 19.7 Å². The molecule has 2 aliphatic rings. The molecule has 126 valence electrons. The quantitative estimate of drug-likeness (QED) is 0.862. The third-order valence-electron chi connectivity index (χ3n) is 4.63. The highest BCUT2D eigenvalue weighted by atomic mass is 19.1. The van der Waals surface area contributed by atoms with Gasteiger partial charge < -0.3 is 9.47 Å². The molecule has 6 heteroatoms. The van der Waals surface area contributed by atoms with Gasteiger partial charge in [-0.05, 0) is 29.8 Å². The van der Waals surface area contributed by atoms with Crippen LogP contribution in [0.1, 0.15) is 18.4 Å². The topological polar surface area (TPSA) is 47.5 Å². The van der Waals surface area contributed by atoms with E-state index in [1.165, 1.54) is 11.6 Å². The first-order chi connectivity index (χ1) is 11.7. The molecule has 5 nitrogen and oxygen atoms in total. The number of hydrogen-bond donors (Lipinski definition) is 0. The van der Waals surface area contributed by atoms with Crippen LogP contribution >= 0.6 is 0 Å². The fraction of sp³-hybridized carbons (Fsp3) is 0.444. The van der Waals surface area contributed by atoms with Gasteiger partial charge >= 0.3 is 0 Å². The summed E-state index contributed by atoms with van der Waals surface area (Å²) in [4.78, 5) is 10.4. The SMILES string of the molecule is Fc1cccnc1O[C@H]1CCOC2(C1)CN(Cc1ccncc1)C2.